The van der Waals surface area contributed by atoms with Crippen LogP contribution >= 0.6 is 0 Å². The number of nitriles is 1. The topological polar surface area (TPSA) is 59.0 Å². The molecule has 5 heteroatoms. The Bertz CT molecular complexity index is 992. The number of hydrogen-bond acceptors (Lipinski definition) is 4. The molecular weight excluding hydrogens is 346 g/mol. The van der Waals surface area contributed by atoms with E-state index in [2.05, 4.69) is 56.3 Å². The van der Waals surface area contributed by atoms with E-state index in [1.165, 1.54) is 35.7 Å². The monoisotopic (exact) mass is 371 g/mol. The molecule has 2 aromatic heterocycles. The molecule has 0 amide bonds. The standard InChI is InChI=1S/C23H25N5/c24-14-17-5-8-23(26-15-17)28-11-9-27(10-12-28)19-7-6-18(13-19)21-16-25-22-4-2-1-3-20(21)22/h1-5,8,15-16,18-19,25H,6-7,9-13H2. The number of rotatable bonds is 3. The van der Waals surface area contributed by atoms with E-state index in [1.54, 1.807) is 6.20 Å². The van der Waals surface area contributed by atoms with Gasteiger partial charge in [-0.2, -0.15) is 5.26 Å². The molecule has 5 rings (SSSR count). The smallest absolute Gasteiger partial charge is 0.128 e. The van der Waals surface area contributed by atoms with Crippen molar-refractivity contribution in [2.24, 2.45) is 0 Å². The summed E-state index contributed by atoms with van der Waals surface area (Å²) in [5, 5.41) is 10.3. The van der Waals surface area contributed by atoms with Crippen molar-refractivity contribution < 1.29 is 0 Å². The normalized spacial score (nSPS) is 23.2. The predicted molar refractivity (Wildman–Crippen MR) is 111 cm³/mol. The number of nitrogens with one attached hydrogen (secondary N) is 1. The molecule has 1 N–H and O–H groups in total. The van der Waals surface area contributed by atoms with E-state index in [-0.39, 0.29) is 0 Å². The first-order chi connectivity index (χ1) is 13.8. The lowest BCUT2D eigenvalue weighted by atomic mass is 9.97. The van der Waals surface area contributed by atoms with Crippen molar-refractivity contribution >= 4 is 16.7 Å². The molecule has 0 radical (unpaired) electrons. The first kappa shape index (κ1) is 17.3. The molecule has 3 aromatic rings. The van der Waals surface area contributed by atoms with Gasteiger partial charge in [0.1, 0.15) is 11.9 Å². The predicted octanol–water partition coefficient (Wildman–Crippen LogP) is 3.89. The maximum atomic E-state index is 8.93. The minimum atomic E-state index is 0.622. The molecule has 0 bridgehead atoms. The van der Waals surface area contributed by atoms with Crippen LogP contribution in [0.25, 0.3) is 10.9 Å². The van der Waals surface area contributed by atoms with Gasteiger partial charge in [0.05, 0.1) is 5.56 Å². The van der Waals surface area contributed by atoms with E-state index in [0.717, 1.165) is 32.0 Å². The minimum absolute atomic E-state index is 0.622. The Morgan fingerprint density at radius 2 is 1.89 bits per heavy atom. The van der Waals surface area contributed by atoms with Crippen molar-refractivity contribution in [3.8, 4) is 6.07 Å². The lowest BCUT2D eigenvalue weighted by Gasteiger charge is -2.38. The molecule has 1 saturated heterocycles. The number of aromatic nitrogens is 2. The third-order valence-corrected chi connectivity index (χ3v) is 6.50. The van der Waals surface area contributed by atoms with Gasteiger partial charge in [-0.05, 0) is 48.9 Å². The highest BCUT2D eigenvalue weighted by Gasteiger charge is 2.33. The van der Waals surface area contributed by atoms with Gasteiger partial charge in [0.25, 0.3) is 0 Å². The van der Waals surface area contributed by atoms with E-state index >= 15 is 0 Å². The Morgan fingerprint density at radius 1 is 1.04 bits per heavy atom. The Kier molecular flexibility index (Phi) is 4.50. The summed E-state index contributed by atoms with van der Waals surface area (Å²) in [4.78, 5) is 12.9. The van der Waals surface area contributed by atoms with Crippen molar-refractivity contribution in [1.29, 1.82) is 5.26 Å². The summed E-state index contributed by atoms with van der Waals surface area (Å²) in [7, 11) is 0. The summed E-state index contributed by atoms with van der Waals surface area (Å²) in [6.07, 6.45) is 7.73. The van der Waals surface area contributed by atoms with E-state index in [1.807, 2.05) is 12.1 Å². The fourth-order valence-electron chi connectivity index (χ4n) is 4.96. The zero-order valence-corrected chi connectivity index (χ0v) is 16.0. The van der Waals surface area contributed by atoms with Gasteiger partial charge < -0.3 is 9.88 Å². The summed E-state index contributed by atoms with van der Waals surface area (Å²) in [5.74, 6) is 1.65. The minimum Gasteiger partial charge on any atom is -0.361 e. The molecule has 0 spiro atoms. The Hall–Kier alpha value is -2.84. The summed E-state index contributed by atoms with van der Waals surface area (Å²) in [5.41, 5.74) is 3.37. The lowest BCUT2D eigenvalue weighted by molar-refractivity contribution is 0.186. The zero-order chi connectivity index (χ0) is 18.9. The number of nitrogens with zero attached hydrogens (tertiary/aromatic N) is 4. The number of H-pyrrole nitrogens is 1. The molecular formula is C23H25N5. The highest BCUT2D eigenvalue weighted by Crippen LogP contribution is 2.40. The van der Waals surface area contributed by atoms with Crippen molar-refractivity contribution in [3.05, 3.63) is 59.9 Å². The summed E-state index contributed by atoms with van der Waals surface area (Å²) in [6, 6.07) is 15.3. The van der Waals surface area contributed by atoms with Crippen LogP contribution in [0.3, 0.4) is 0 Å². The second-order valence-electron chi connectivity index (χ2n) is 7.99. The van der Waals surface area contributed by atoms with E-state index in [4.69, 9.17) is 5.26 Å². The van der Waals surface area contributed by atoms with Crippen LogP contribution in [-0.4, -0.2) is 47.1 Å². The van der Waals surface area contributed by atoms with Crippen molar-refractivity contribution in [2.75, 3.05) is 31.1 Å². The number of benzene rings is 1. The number of hydrogen-bond donors (Lipinski definition) is 1. The average molecular weight is 371 g/mol. The molecule has 5 nitrogen and oxygen atoms in total. The summed E-state index contributed by atoms with van der Waals surface area (Å²) >= 11 is 0. The van der Waals surface area contributed by atoms with Gasteiger partial charge in [-0.1, -0.05) is 18.2 Å². The quantitative estimate of drug-likeness (QED) is 0.759. The van der Waals surface area contributed by atoms with Crippen LogP contribution < -0.4 is 4.90 Å². The number of anilines is 1. The number of pyridine rings is 1. The van der Waals surface area contributed by atoms with Crippen molar-refractivity contribution in [2.45, 2.75) is 31.2 Å². The fourth-order valence-corrected chi connectivity index (χ4v) is 4.96. The highest BCUT2D eigenvalue weighted by molar-refractivity contribution is 5.83. The first-order valence-corrected chi connectivity index (χ1v) is 10.2. The molecule has 1 aromatic carbocycles. The van der Waals surface area contributed by atoms with Crippen LogP contribution in [0.2, 0.25) is 0 Å². The van der Waals surface area contributed by atoms with Crippen LogP contribution in [0.4, 0.5) is 5.82 Å². The van der Waals surface area contributed by atoms with Gasteiger partial charge in [-0.15, -0.1) is 0 Å². The van der Waals surface area contributed by atoms with Gasteiger partial charge >= 0.3 is 0 Å². The van der Waals surface area contributed by atoms with E-state index in [0.29, 0.717) is 17.5 Å². The van der Waals surface area contributed by atoms with Gasteiger partial charge in [-0.3, -0.25) is 4.90 Å². The Labute approximate surface area is 165 Å². The summed E-state index contributed by atoms with van der Waals surface area (Å²) in [6.45, 7) is 4.19. The first-order valence-electron chi connectivity index (χ1n) is 10.2. The SMILES string of the molecule is N#Cc1ccc(N2CCN(C3CCC(c4c[nH]c5ccccc45)C3)CC2)nc1. The van der Waals surface area contributed by atoms with Gasteiger partial charge in [0.2, 0.25) is 0 Å². The molecule has 1 saturated carbocycles. The van der Waals surface area contributed by atoms with Gasteiger partial charge in [0.15, 0.2) is 0 Å². The Balaban J connectivity index is 1.21. The molecule has 2 unspecified atom stereocenters. The van der Waals surface area contributed by atoms with E-state index < -0.39 is 0 Å². The highest BCUT2D eigenvalue weighted by atomic mass is 15.3. The van der Waals surface area contributed by atoms with Crippen LogP contribution in [0.5, 0.6) is 0 Å². The fraction of sp³-hybridized carbons (Fsp3) is 0.391. The molecule has 1 aliphatic carbocycles. The summed E-state index contributed by atoms with van der Waals surface area (Å²) < 4.78 is 0. The largest absolute Gasteiger partial charge is 0.361 e. The number of para-hydroxylation sites is 1. The molecule has 2 aliphatic rings. The van der Waals surface area contributed by atoms with Gasteiger partial charge in [0, 0.05) is 55.5 Å². The van der Waals surface area contributed by atoms with Crippen molar-refractivity contribution in [3.63, 3.8) is 0 Å². The third-order valence-electron chi connectivity index (χ3n) is 6.50. The van der Waals surface area contributed by atoms with Crippen LogP contribution in [-0.2, 0) is 0 Å². The average Bonchev–Trinajstić information content (AvgIpc) is 3.41. The van der Waals surface area contributed by atoms with Crippen LogP contribution in [0, 0.1) is 11.3 Å². The third kappa shape index (κ3) is 3.14. The second kappa shape index (κ2) is 7.29. The molecule has 28 heavy (non-hydrogen) atoms. The van der Waals surface area contributed by atoms with Crippen molar-refractivity contribution in [1.82, 2.24) is 14.9 Å². The molecule has 3 heterocycles. The molecule has 2 atom stereocenters. The van der Waals surface area contributed by atoms with Crippen LogP contribution in [0.1, 0.15) is 36.3 Å². The van der Waals surface area contributed by atoms with E-state index in [9.17, 15) is 0 Å². The Morgan fingerprint density at radius 3 is 2.68 bits per heavy atom. The molecule has 1 aliphatic heterocycles. The lowest BCUT2D eigenvalue weighted by Crippen LogP contribution is -2.50. The maximum Gasteiger partial charge on any atom is 0.128 e. The number of aromatic amines is 1. The van der Waals surface area contributed by atoms with Gasteiger partial charge in [-0.25, -0.2) is 4.98 Å². The second-order valence-corrected chi connectivity index (χ2v) is 7.99. The molecule has 2 fully saturated rings. The molecule has 142 valence electrons. The number of fused-ring (bicyclic) bond motifs is 1. The number of piperazine rings is 1. The zero-order valence-electron chi connectivity index (χ0n) is 16.0. The maximum absolute atomic E-state index is 8.93. The van der Waals surface area contributed by atoms with Crippen LogP contribution in [0.15, 0.2) is 48.8 Å².